The first-order valence-electron chi connectivity index (χ1n) is 5.70. The number of halogens is 1. The lowest BCUT2D eigenvalue weighted by molar-refractivity contribution is 0.329. The largest absolute Gasteiger partial charge is 0.348 e. The quantitative estimate of drug-likeness (QED) is 0.820. The van der Waals surface area contributed by atoms with Gasteiger partial charge >= 0.3 is 0 Å². The molecule has 4 nitrogen and oxygen atoms in total. The van der Waals surface area contributed by atoms with Crippen molar-refractivity contribution in [1.82, 2.24) is 9.97 Å². The van der Waals surface area contributed by atoms with Gasteiger partial charge in [0.15, 0.2) is 5.82 Å². The van der Waals surface area contributed by atoms with Crippen molar-refractivity contribution in [3.8, 4) is 0 Å². The summed E-state index contributed by atoms with van der Waals surface area (Å²) in [5, 5.41) is 3.26. The fourth-order valence-electron chi connectivity index (χ4n) is 2.22. The van der Waals surface area contributed by atoms with Gasteiger partial charge in [-0.15, -0.1) is 0 Å². The molecule has 1 aliphatic rings. The van der Waals surface area contributed by atoms with Gasteiger partial charge in [-0.25, -0.2) is 14.4 Å². The van der Waals surface area contributed by atoms with Crippen LogP contribution in [0.25, 0.3) is 0 Å². The summed E-state index contributed by atoms with van der Waals surface area (Å²) in [6, 6.07) is 0. The third-order valence-corrected chi connectivity index (χ3v) is 3.20. The van der Waals surface area contributed by atoms with Crippen molar-refractivity contribution in [1.29, 1.82) is 0 Å². The molecule has 1 heterocycles. The van der Waals surface area contributed by atoms with Gasteiger partial charge in [-0.3, -0.25) is 0 Å². The summed E-state index contributed by atoms with van der Waals surface area (Å²) >= 11 is 0. The zero-order valence-corrected chi connectivity index (χ0v) is 9.25. The van der Waals surface area contributed by atoms with Gasteiger partial charge in [-0.05, 0) is 12.8 Å². The van der Waals surface area contributed by atoms with Crippen LogP contribution in [0.2, 0.25) is 0 Å². The fraction of sp³-hybridized carbons (Fsp3) is 0.636. The van der Waals surface area contributed by atoms with Crippen molar-refractivity contribution in [2.24, 2.45) is 5.73 Å². The molecule has 0 aliphatic heterocycles. The van der Waals surface area contributed by atoms with E-state index in [4.69, 9.17) is 5.73 Å². The summed E-state index contributed by atoms with van der Waals surface area (Å²) in [6.45, 7) is 0.563. The molecule has 1 aromatic heterocycles. The van der Waals surface area contributed by atoms with Crippen LogP contribution in [0, 0.1) is 5.82 Å². The highest BCUT2D eigenvalue weighted by Gasteiger charge is 2.30. The summed E-state index contributed by atoms with van der Waals surface area (Å²) in [5.41, 5.74) is 5.72. The first-order chi connectivity index (χ1) is 7.74. The van der Waals surface area contributed by atoms with E-state index in [1.54, 1.807) is 0 Å². The van der Waals surface area contributed by atoms with E-state index < -0.39 is 5.82 Å². The Kier molecular flexibility index (Phi) is 3.33. The van der Waals surface area contributed by atoms with Crippen LogP contribution in [0.15, 0.2) is 12.4 Å². The van der Waals surface area contributed by atoms with E-state index in [0.717, 1.165) is 12.8 Å². The summed E-state index contributed by atoms with van der Waals surface area (Å²) in [6.07, 6.45) is 8.00. The monoisotopic (exact) mass is 224 g/mol. The maximum Gasteiger partial charge on any atom is 0.223 e. The number of rotatable bonds is 3. The lowest BCUT2D eigenvalue weighted by Crippen LogP contribution is -2.47. The van der Waals surface area contributed by atoms with Crippen molar-refractivity contribution in [2.75, 3.05) is 11.9 Å². The fourth-order valence-corrected chi connectivity index (χ4v) is 2.22. The molecule has 0 saturated heterocycles. The molecule has 1 saturated carbocycles. The standard InChI is InChI=1S/C11H17FN4/c12-9-6-14-10(15-7-9)16-11(8-13)4-2-1-3-5-11/h6-7H,1-5,8,13H2,(H,14,15,16). The molecule has 0 atom stereocenters. The molecule has 0 bridgehead atoms. The maximum absolute atomic E-state index is 12.7. The lowest BCUT2D eigenvalue weighted by atomic mass is 9.82. The molecule has 88 valence electrons. The third kappa shape index (κ3) is 2.47. The Morgan fingerprint density at radius 2 is 1.88 bits per heavy atom. The molecule has 0 aromatic carbocycles. The van der Waals surface area contributed by atoms with E-state index in [0.29, 0.717) is 12.5 Å². The Morgan fingerprint density at radius 3 is 2.44 bits per heavy atom. The SMILES string of the molecule is NCC1(Nc2ncc(F)cn2)CCCCC1. The van der Waals surface area contributed by atoms with E-state index in [9.17, 15) is 4.39 Å². The topological polar surface area (TPSA) is 63.8 Å². The molecule has 1 aromatic rings. The Hall–Kier alpha value is -1.23. The molecule has 1 aliphatic carbocycles. The van der Waals surface area contributed by atoms with Crippen LogP contribution < -0.4 is 11.1 Å². The number of nitrogens with zero attached hydrogens (tertiary/aromatic N) is 2. The van der Waals surface area contributed by atoms with Gasteiger partial charge in [-0.2, -0.15) is 0 Å². The molecule has 1 fully saturated rings. The predicted octanol–water partition coefficient (Wildman–Crippen LogP) is 1.69. The van der Waals surface area contributed by atoms with Gasteiger partial charge in [0.1, 0.15) is 0 Å². The van der Waals surface area contributed by atoms with E-state index >= 15 is 0 Å². The molecular weight excluding hydrogens is 207 g/mol. The Bertz CT molecular complexity index is 332. The van der Waals surface area contributed by atoms with Crippen molar-refractivity contribution in [3.05, 3.63) is 18.2 Å². The van der Waals surface area contributed by atoms with Gasteiger partial charge in [-0.1, -0.05) is 19.3 Å². The lowest BCUT2D eigenvalue weighted by Gasteiger charge is -2.37. The minimum Gasteiger partial charge on any atom is -0.348 e. The Balaban J connectivity index is 2.08. The van der Waals surface area contributed by atoms with Gasteiger partial charge < -0.3 is 11.1 Å². The van der Waals surface area contributed by atoms with Crippen LogP contribution in [0.5, 0.6) is 0 Å². The normalized spacial score (nSPS) is 19.4. The van der Waals surface area contributed by atoms with Crippen molar-refractivity contribution >= 4 is 5.95 Å². The second-order valence-corrected chi connectivity index (χ2v) is 4.40. The number of aromatic nitrogens is 2. The second-order valence-electron chi connectivity index (χ2n) is 4.40. The van der Waals surface area contributed by atoms with Crippen LogP contribution in [0.4, 0.5) is 10.3 Å². The van der Waals surface area contributed by atoms with Crippen LogP contribution >= 0.6 is 0 Å². The highest BCUT2D eigenvalue weighted by atomic mass is 19.1. The van der Waals surface area contributed by atoms with Crippen LogP contribution in [-0.2, 0) is 0 Å². The molecule has 3 N–H and O–H groups in total. The smallest absolute Gasteiger partial charge is 0.223 e. The second kappa shape index (κ2) is 4.74. The average Bonchev–Trinajstić information content (AvgIpc) is 2.33. The summed E-state index contributed by atoms with van der Waals surface area (Å²) in [4.78, 5) is 7.83. The first kappa shape index (κ1) is 11.3. The number of nitrogens with two attached hydrogens (primary N) is 1. The van der Waals surface area contributed by atoms with Gasteiger partial charge in [0.05, 0.1) is 17.9 Å². The van der Waals surface area contributed by atoms with Crippen LogP contribution in [-0.4, -0.2) is 22.1 Å². The molecule has 16 heavy (non-hydrogen) atoms. The Labute approximate surface area is 94.5 Å². The highest BCUT2D eigenvalue weighted by molar-refractivity contribution is 5.29. The molecule has 0 radical (unpaired) electrons. The molecule has 5 heteroatoms. The Morgan fingerprint density at radius 1 is 1.25 bits per heavy atom. The number of hydrogen-bond donors (Lipinski definition) is 2. The number of nitrogens with one attached hydrogen (secondary N) is 1. The van der Waals surface area contributed by atoms with Gasteiger partial charge in [0, 0.05) is 6.54 Å². The van der Waals surface area contributed by atoms with Crippen molar-refractivity contribution in [3.63, 3.8) is 0 Å². The van der Waals surface area contributed by atoms with E-state index in [-0.39, 0.29) is 5.54 Å². The number of anilines is 1. The van der Waals surface area contributed by atoms with Crippen molar-refractivity contribution in [2.45, 2.75) is 37.6 Å². The zero-order valence-electron chi connectivity index (χ0n) is 9.25. The maximum atomic E-state index is 12.7. The van der Waals surface area contributed by atoms with Gasteiger partial charge in [0.2, 0.25) is 5.95 Å². The molecular formula is C11H17FN4. The molecule has 0 unspecified atom stereocenters. The van der Waals surface area contributed by atoms with Crippen molar-refractivity contribution < 1.29 is 4.39 Å². The molecule has 0 spiro atoms. The number of hydrogen-bond acceptors (Lipinski definition) is 4. The summed E-state index contributed by atoms with van der Waals surface area (Å²) in [5.74, 6) is 0.0461. The molecule has 0 amide bonds. The summed E-state index contributed by atoms with van der Waals surface area (Å²) in [7, 11) is 0. The van der Waals surface area contributed by atoms with Crippen LogP contribution in [0.1, 0.15) is 32.1 Å². The zero-order chi connectivity index (χ0) is 11.4. The predicted molar refractivity (Wildman–Crippen MR) is 60.5 cm³/mol. The first-order valence-corrected chi connectivity index (χ1v) is 5.70. The van der Waals surface area contributed by atoms with E-state index in [1.807, 2.05) is 0 Å². The van der Waals surface area contributed by atoms with E-state index in [2.05, 4.69) is 15.3 Å². The van der Waals surface area contributed by atoms with Gasteiger partial charge in [0.25, 0.3) is 0 Å². The highest BCUT2D eigenvalue weighted by Crippen LogP contribution is 2.29. The van der Waals surface area contributed by atoms with E-state index in [1.165, 1.54) is 31.7 Å². The molecule has 2 rings (SSSR count). The average molecular weight is 224 g/mol. The summed E-state index contributed by atoms with van der Waals surface area (Å²) < 4.78 is 12.7. The minimum atomic E-state index is -0.420. The third-order valence-electron chi connectivity index (χ3n) is 3.20. The minimum absolute atomic E-state index is 0.101. The van der Waals surface area contributed by atoms with Crippen LogP contribution in [0.3, 0.4) is 0 Å².